The molecule has 0 fully saturated rings. The number of carbonyl (C=O) groups excluding carboxylic acids is 1. The summed E-state index contributed by atoms with van der Waals surface area (Å²) in [5, 5.41) is 8.46. The number of amides is 1. The maximum Gasteiger partial charge on any atom is 0.297 e. The predicted molar refractivity (Wildman–Crippen MR) is 114 cm³/mol. The topological polar surface area (TPSA) is 99.2 Å². The van der Waals surface area contributed by atoms with E-state index in [2.05, 4.69) is 20.2 Å². The number of halogens is 1. The fraction of sp³-hybridized carbons (Fsp3) is 0.227. The van der Waals surface area contributed by atoms with E-state index in [1.807, 2.05) is 25.1 Å². The maximum atomic E-state index is 12.3. The molecule has 0 bridgehead atoms. The van der Waals surface area contributed by atoms with E-state index in [1.54, 1.807) is 49.1 Å². The summed E-state index contributed by atoms with van der Waals surface area (Å²) in [6.07, 6.45) is 0. The molecule has 10 heteroatoms. The van der Waals surface area contributed by atoms with Crippen LogP contribution < -0.4 is 4.74 Å². The summed E-state index contributed by atoms with van der Waals surface area (Å²) in [6.45, 7) is 1.37. The Balaban J connectivity index is 1.53. The van der Waals surface area contributed by atoms with Gasteiger partial charge in [-0.05, 0) is 48.9 Å². The van der Waals surface area contributed by atoms with Gasteiger partial charge in [-0.2, -0.15) is 4.98 Å². The summed E-state index contributed by atoms with van der Waals surface area (Å²) >= 11 is 0. The van der Waals surface area contributed by atoms with Gasteiger partial charge in [0.2, 0.25) is 18.5 Å². The Bertz CT molecular complexity index is 1230. The van der Waals surface area contributed by atoms with Crippen LogP contribution in [0.4, 0.5) is 4.39 Å². The van der Waals surface area contributed by atoms with Gasteiger partial charge in [0.15, 0.2) is 0 Å². The first kappa shape index (κ1) is 21.2. The molecule has 9 nitrogen and oxygen atoms in total. The molecule has 0 saturated carbocycles. The molecule has 4 aromatic rings. The molecule has 0 unspecified atom stereocenters. The van der Waals surface area contributed by atoms with Crippen LogP contribution in [0.5, 0.6) is 5.75 Å². The van der Waals surface area contributed by atoms with E-state index >= 15 is 0 Å². The first-order valence-electron chi connectivity index (χ1n) is 9.80. The third kappa shape index (κ3) is 4.48. The Labute approximate surface area is 183 Å². The average Bonchev–Trinajstić information content (AvgIpc) is 3.41. The fourth-order valence-corrected chi connectivity index (χ4v) is 3.09. The van der Waals surface area contributed by atoms with Crippen LogP contribution in [-0.4, -0.2) is 56.7 Å². The highest BCUT2D eigenvalue weighted by Gasteiger charge is 2.17. The molecule has 0 spiro atoms. The van der Waals surface area contributed by atoms with Crippen molar-refractivity contribution in [2.45, 2.75) is 13.5 Å². The molecule has 4 rings (SSSR count). The molecular formula is C22H21FN6O3. The number of aromatic nitrogens is 5. The number of carbonyl (C=O) groups is 1. The van der Waals surface area contributed by atoms with Crippen LogP contribution in [0.3, 0.4) is 0 Å². The van der Waals surface area contributed by atoms with Gasteiger partial charge in [0.1, 0.15) is 11.6 Å². The quantitative estimate of drug-likeness (QED) is 0.438. The van der Waals surface area contributed by atoms with E-state index in [0.29, 0.717) is 40.9 Å². The number of alkyl halides is 1. The van der Waals surface area contributed by atoms with Crippen molar-refractivity contribution < 1.29 is 18.4 Å². The average molecular weight is 436 g/mol. The molecule has 0 N–H and O–H groups in total. The summed E-state index contributed by atoms with van der Waals surface area (Å²) in [5.74, 6) is 1.85. The Morgan fingerprint density at radius 3 is 2.62 bits per heavy atom. The standard InChI is InChI=1S/C22H21FN6O3/c1-14-24-20(21-25-19(27-32-21)16-7-9-18(10-8-16)31-13-23)26-29(14)12-15-5-4-6-17(11-15)22(30)28(2)3/h4-11H,12-13H2,1-3H3. The maximum absolute atomic E-state index is 12.3. The predicted octanol–water partition coefficient (Wildman–Crippen LogP) is 3.36. The number of hydrogen-bond acceptors (Lipinski definition) is 7. The first-order chi connectivity index (χ1) is 15.4. The summed E-state index contributed by atoms with van der Waals surface area (Å²) in [7, 11) is 3.43. The summed E-state index contributed by atoms with van der Waals surface area (Å²) in [5.41, 5.74) is 2.21. The molecule has 164 valence electrons. The fourth-order valence-electron chi connectivity index (χ4n) is 3.09. The Morgan fingerprint density at radius 2 is 1.91 bits per heavy atom. The number of rotatable bonds is 7. The van der Waals surface area contributed by atoms with Crippen LogP contribution >= 0.6 is 0 Å². The van der Waals surface area contributed by atoms with Crippen molar-refractivity contribution >= 4 is 5.91 Å². The molecule has 0 saturated heterocycles. The highest BCUT2D eigenvalue weighted by molar-refractivity contribution is 5.94. The lowest BCUT2D eigenvalue weighted by atomic mass is 10.1. The Kier molecular flexibility index (Phi) is 5.93. The zero-order valence-electron chi connectivity index (χ0n) is 17.8. The Hall–Kier alpha value is -4.08. The van der Waals surface area contributed by atoms with Gasteiger partial charge in [-0.1, -0.05) is 17.3 Å². The van der Waals surface area contributed by atoms with E-state index in [-0.39, 0.29) is 11.8 Å². The molecule has 0 atom stereocenters. The van der Waals surface area contributed by atoms with Gasteiger partial charge in [-0.15, -0.1) is 5.10 Å². The van der Waals surface area contributed by atoms with Crippen molar-refractivity contribution in [3.8, 4) is 28.9 Å². The van der Waals surface area contributed by atoms with Crippen LogP contribution in [0.2, 0.25) is 0 Å². The second-order valence-electron chi connectivity index (χ2n) is 7.24. The van der Waals surface area contributed by atoms with Gasteiger partial charge >= 0.3 is 0 Å². The second kappa shape index (κ2) is 8.96. The van der Waals surface area contributed by atoms with Crippen LogP contribution in [0.25, 0.3) is 23.1 Å². The highest BCUT2D eigenvalue weighted by atomic mass is 19.1. The monoisotopic (exact) mass is 436 g/mol. The van der Waals surface area contributed by atoms with Crippen molar-refractivity contribution in [2.24, 2.45) is 0 Å². The minimum absolute atomic E-state index is 0.0643. The lowest BCUT2D eigenvalue weighted by Crippen LogP contribution is -2.21. The first-order valence-corrected chi connectivity index (χ1v) is 9.80. The third-order valence-electron chi connectivity index (χ3n) is 4.72. The molecule has 2 aromatic carbocycles. The number of ether oxygens (including phenoxy) is 1. The van der Waals surface area contributed by atoms with Crippen LogP contribution in [-0.2, 0) is 6.54 Å². The van der Waals surface area contributed by atoms with E-state index in [1.165, 1.54) is 4.90 Å². The van der Waals surface area contributed by atoms with Crippen LogP contribution in [0.15, 0.2) is 53.1 Å². The van der Waals surface area contributed by atoms with Crippen molar-refractivity contribution in [1.82, 2.24) is 29.8 Å². The molecule has 0 radical (unpaired) electrons. The van der Waals surface area contributed by atoms with E-state index in [4.69, 9.17) is 9.26 Å². The second-order valence-corrected chi connectivity index (χ2v) is 7.24. The van der Waals surface area contributed by atoms with Gasteiger partial charge in [0, 0.05) is 25.2 Å². The summed E-state index contributed by atoms with van der Waals surface area (Å²) in [4.78, 5) is 22.5. The molecule has 0 aliphatic carbocycles. The van der Waals surface area contributed by atoms with Crippen molar-refractivity contribution in [3.05, 3.63) is 65.5 Å². The number of nitrogens with zero attached hydrogens (tertiary/aromatic N) is 6. The molecule has 0 aliphatic rings. The van der Waals surface area contributed by atoms with Crippen molar-refractivity contribution in [1.29, 1.82) is 0 Å². The lowest BCUT2D eigenvalue weighted by Gasteiger charge is -2.11. The van der Waals surface area contributed by atoms with Gasteiger partial charge in [-0.25, -0.2) is 14.1 Å². The van der Waals surface area contributed by atoms with E-state index < -0.39 is 6.86 Å². The highest BCUT2D eigenvalue weighted by Crippen LogP contribution is 2.23. The van der Waals surface area contributed by atoms with Gasteiger partial charge < -0.3 is 14.2 Å². The number of aryl methyl sites for hydroxylation is 1. The molecular weight excluding hydrogens is 415 g/mol. The molecule has 2 aromatic heterocycles. The zero-order valence-corrected chi connectivity index (χ0v) is 17.8. The molecule has 2 heterocycles. The van der Waals surface area contributed by atoms with Crippen LogP contribution in [0, 0.1) is 6.92 Å². The number of benzene rings is 2. The molecule has 0 aliphatic heterocycles. The van der Waals surface area contributed by atoms with Crippen LogP contribution in [0.1, 0.15) is 21.7 Å². The minimum Gasteiger partial charge on any atom is -0.463 e. The third-order valence-corrected chi connectivity index (χ3v) is 4.72. The number of hydrogen-bond donors (Lipinski definition) is 0. The largest absolute Gasteiger partial charge is 0.463 e. The van der Waals surface area contributed by atoms with E-state index in [0.717, 1.165) is 5.56 Å². The summed E-state index contributed by atoms with van der Waals surface area (Å²) < 4.78 is 24.1. The van der Waals surface area contributed by atoms with Gasteiger partial charge in [0.05, 0.1) is 6.54 Å². The zero-order chi connectivity index (χ0) is 22.7. The Morgan fingerprint density at radius 1 is 1.12 bits per heavy atom. The van der Waals surface area contributed by atoms with Crippen molar-refractivity contribution in [3.63, 3.8) is 0 Å². The van der Waals surface area contributed by atoms with Gasteiger partial charge in [0.25, 0.3) is 11.8 Å². The minimum atomic E-state index is -0.893. The molecule has 32 heavy (non-hydrogen) atoms. The smallest absolute Gasteiger partial charge is 0.297 e. The van der Waals surface area contributed by atoms with Gasteiger partial charge in [-0.3, -0.25) is 4.79 Å². The SMILES string of the molecule is Cc1nc(-c2nc(-c3ccc(OCF)cc3)no2)nn1Cc1cccc(C(=O)N(C)C)c1. The lowest BCUT2D eigenvalue weighted by molar-refractivity contribution is 0.0827. The van der Waals surface area contributed by atoms with Crippen molar-refractivity contribution in [2.75, 3.05) is 21.0 Å². The molecule has 1 amide bonds. The normalized spacial score (nSPS) is 10.9. The van der Waals surface area contributed by atoms with E-state index in [9.17, 15) is 9.18 Å². The summed E-state index contributed by atoms with van der Waals surface area (Å²) in [6, 6.07) is 14.0.